The highest BCUT2D eigenvalue weighted by atomic mass is 16.3. The fourth-order valence-electron chi connectivity index (χ4n) is 2.39. The Labute approximate surface area is 111 Å². The number of likely N-dealkylation sites (N-methyl/N-ethyl adjacent to an activating group) is 1. The van der Waals surface area contributed by atoms with Crippen molar-refractivity contribution in [1.29, 1.82) is 0 Å². The molecule has 7 heteroatoms. The van der Waals surface area contributed by atoms with Crippen LogP contribution in [0.15, 0.2) is 0 Å². The van der Waals surface area contributed by atoms with Crippen molar-refractivity contribution in [2.75, 3.05) is 33.2 Å². The highest BCUT2D eigenvalue weighted by molar-refractivity contribution is 6.01. The number of β-amino-alcohol motifs (C(OH)–C–C–N with tert-alkyl or cyclic N) is 1. The van der Waals surface area contributed by atoms with Crippen molar-refractivity contribution in [1.82, 2.24) is 14.7 Å². The zero-order chi connectivity index (χ0) is 14.2. The van der Waals surface area contributed by atoms with E-state index in [-0.39, 0.29) is 37.4 Å². The first-order valence-electron chi connectivity index (χ1n) is 6.36. The molecule has 7 nitrogen and oxygen atoms in total. The molecule has 0 bridgehead atoms. The number of hydrogen-bond donors (Lipinski definition) is 1. The summed E-state index contributed by atoms with van der Waals surface area (Å²) >= 11 is 0. The molecule has 2 fully saturated rings. The van der Waals surface area contributed by atoms with Crippen LogP contribution in [-0.2, 0) is 9.59 Å². The second-order valence-electron chi connectivity index (χ2n) is 5.53. The van der Waals surface area contributed by atoms with E-state index in [0.29, 0.717) is 19.5 Å². The molecule has 2 rings (SSSR count). The standard InChI is InChI=1S/C12H19N3O4/c1-12(19)7-14(8-12)9(16)4-3-5-15-10(17)6-13(2)11(15)18/h19H,3-8H2,1-2H3. The molecular weight excluding hydrogens is 250 g/mol. The summed E-state index contributed by atoms with van der Waals surface area (Å²) in [5.41, 5.74) is -0.765. The molecule has 0 aromatic heterocycles. The monoisotopic (exact) mass is 269 g/mol. The Morgan fingerprint density at radius 2 is 2.00 bits per heavy atom. The average Bonchev–Trinajstić information content (AvgIpc) is 2.52. The lowest BCUT2D eigenvalue weighted by Gasteiger charge is -2.44. The molecule has 2 aliphatic heterocycles. The molecular formula is C12H19N3O4. The summed E-state index contributed by atoms with van der Waals surface area (Å²) in [6.07, 6.45) is 0.750. The lowest BCUT2D eigenvalue weighted by molar-refractivity contribution is -0.152. The predicted molar refractivity (Wildman–Crippen MR) is 66.2 cm³/mol. The minimum absolute atomic E-state index is 0.0426. The topological polar surface area (TPSA) is 81.2 Å². The van der Waals surface area contributed by atoms with Crippen molar-refractivity contribution in [3.05, 3.63) is 0 Å². The third kappa shape index (κ3) is 2.86. The van der Waals surface area contributed by atoms with Crippen molar-refractivity contribution < 1.29 is 19.5 Å². The van der Waals surface area contributed by atoms with E-state index in [4.69, 9.17) is 0 Å². The number of carbonyl (C=O) groups is 3. The lowest BCUT2D eigenvalue weighted by Crippen LogP contribution is -2.61. The van der Waals surface area contributed by atoms with E-state index in [1.54, 1.807) is 18.9 Å². The molecule has 106 valence electrons. The van der Waals surface area contributed by atoms with E-state index in [0.717, 1.165) is 0 Å². The van der Waals surface area contributed by atoms with Gasteiger partial charge in [-0.15, -0.1) is 0 Å². The number of imide groups is 1. The second kappa shape index (κ2) is 4.80. The number of amides is 4. The third-order valence-corrected chi connectivity index (χ3v) is 3.42. The van der Waals surface area contributed by atoms with Crippen molar-refractivity contribution >= 4 is 17.8 Å². The van der Waals surface area contributed by atoms with E-state index in [1.165, 1.54) is 9.80 Å². The number of likely N-dealkylation sites (tertiary alicyclic amines) is 1. The Balaban J connectivity index is 1.71. The van der Waals surface area contributed by atoms with E-state index >= 15 is 0 Å². The van der Waals surface area contributed by atoms with Crippen LogP contribution in [0.5, 0.6) is 0 Å². The zero-order valence-corrected chi connectivity index (χ0v) is 11.3. The summed E-state index contributed by atoms with van der Waals surface area (Å²) in [4.78, 5) is 38.9. The molecule has 0 aromatic carbocycles. The Hall–Kier alpha value is -1.63. The van der Waals surface area contributed by atoms with Gasteiger partial charge in [0.1, 0.15) is 6.54 Å². The molecule has 0 unspecified atom stereocenters. The Bertz CT molecular complexity index is 413. The van der Waals surface area contributed by atoms with Crippen LogP contribution in [0.25, 0.3) is 0 Å². The quantitative estimate of drug-likeness (QED) is 0.681. The minimum Gasteiger partial charge on any atom is -0.386 e. The highest BCUT2D eigenvalue weighted by Gasteiger charge is 2.39. The first kappa shape index (κ1) is 13.8. The highest BCUT2D eigenvalue weighted by Crippen LogP contribution is 2.21. The summed E-state index contributed by atoms with van der Waals surface area (Å²) in [7, 11) is 1.58. The maximum absolute atomic E-state index is 11.7. The molecule has 19 heavy (non-hydrogen) atoms. The second-order valence-corrected chi connectivity index (χ2v) is 5.53. The van der Waals surface area contributed by atoms with Gasteiger partial charge in [0.15, 0.2) is 0 Å². The Kier molecular flexibility index (Phi) is 3.49. The van der Waals surface area contributed by atoms with Gasteiger partial charge in [-0.1, -0.05) is 0 Å². The Morgan fingerprint density at radius 1 is 1.37 bits per heavy atom. The van der Waals surface area contributed by atoms with Crippen LogP contribution in [-0.4, -0.2) is 76.5 Å². The number of aliphatic hydroxyl groups is 1. The van der Waals surface area contributed by atoms with Crippen LogP contribution in [0.4, 0.5) is 4.79 Å². The smallest absolute Gasteiger partial charge is 0.326 e. The largest absolute Gasteiger partial charge is 0.386 e. The van der Waals surface area contributed by atoms with Gasteiger partial charge in [0.25, 0.3) is 0 Å². The van der Waals surface area contributed by atoms with Gasteiger partial charge in [0, 0.05) is 20.0 Å². The molecule has 0 aromatic rings. The molecule has 0 atom stereocenters. The molecule has 2 saturated heterocycles. The van der Waals surface area contributed by atoms with E-state index in [1.807, 2.05) is 0 Å². The molecule has 2 aliphatic rings. The van der Waals surface area contributed by atoms with Gasteiger partial charge < -0.3 is 14.9 Å². The van der Waals surface area contributed by atoms with Crippen molar-refractivity contribution in [3.63, 3.8) is 0 Å². The number of urea groups is 1. The van der Waals surface area contributed by atoms with Crippen LogP contribution in [0.3, 0.4) is 0 Å². The SMILES string of the molecule is CN1CC(=O)N(CCCC(=O)N2CC(C)(O)C2)C1=O. The summed E-state index contributed by atoms with van der Waals surface area (Å²) in [6, 6.07) is -0.302. The van der Waals surface area contributed by atoms with Gasteiger partial charge in [0.2, 0.25) is 11.8 Å². The number of rotatable bonds is 4. The molecule has 0 aliphatic carbocycles. The maximum Gasteiger partial charge on any atom is 0.326 e. The van der Waals surface area contributed by atoms with Gasteiger partial charge in [0.05, 0.1) is 18.7 Å². The fraction of sp³-hybridized carbons (Fsp3) is 0.750. The molecule has 0 spiro atoms. The van der Waals surface area contributed by atoms with E-state index in [2.05, 4.69) is 0 Å². The van der Waals surface area contributed by atoms with Crippen molar-refractivity contribution in [2.45, 2.75) is 25.4 Å². The summed E-state index contributed by atoms with van der Waals surface area (Å²) in [5, 5.41) is 9.53. The predicted octanol–water partition coefficient (Wildman–Crippen LogP) is -0.746. The first-order valence-corrected chi connectivity index (χ1v) is 6.36. The van der Waals surface area contributed by atoms with Gasteiger partial charge in [-0.2, -0.15) is 0 Å². The van der Waals surface area contributed by atoms with Crippen LogP contribution >= 0.6 is 0 Å². The minimum atomic E-state index is -0.765. The van der Waals surface area contributed by atoms with E-state index in [9.17, 15) is 19.5 Å². The van der Waals surface area contributed by atoms with Crippen LogP contribution in [0, 0.1) is 0 Å². The number of carbonyl (C=O) groups excluding carboxylic acids is 3. The van der Waals surface area contributed by atoms with E-state index < -0.39 is 5.60 Å². The summed E-state index contributed by atoms with van der Waals surface area (Å²) in [6.45, 7) is 2.79. The van der Waals surface area contributed by atoms with Gasteiger partial charge in [-0.25, -0.2) is 4.79 Å². The third-order valence-electron chi connectivity index (χ3n) is 3.42. The average molecular weight is 269 g/mol. The van der Waals surface area contributed by atoms with Gasteiger partial charge in [-0.05, 0) is 13.3 Å². The normalized spacial score (nSPS) is 21.9. The van der Waals surface area contributed by atoms with Crippen molar-refractivity contribution in [2.24, 2.45) is 0 Å². The summed E-state index contributed by atoms with van der Waals surface area (Å²) < 4.78 is 0. The fourth-order valence-corrected chi connectivity index (χ4v) is 2.39. The van der Waals surface area contributed by atoms with Crippen molar-refractivity contribution in [3.8, 4) is 0 Å². The molecule has 0 radical (unpaired) electrons. The lowest BCUT2D eigenvalue weighted by atomic mass is 9.96. The van der Waals surface area contributed by atoms with Crippen LogP contribution in [0.1, 0.15) is 19.8 Å². The molecule has 2 heterocycles. The van der Waals surface area contributed by atoms with Crippen LogP contribution < -0.4 is 0 Å². The van der Waals surface area contributed by atoms with Gasteiger partial charge >= 0.3 is 6.03 Å². The van der Waals surface area contributed by atoms with Gasteiger partial charge in [-0.3, -0.25) is 14.5 Å². The Morgan fingerprint density at radius 3 is 2.47 bits per heavy atom. The number of hydrogen-bond acceptors (Lipinski definition) is 4. The summed E-state index contributed by atoms with van der Waals surface area (Å²) in [5.74, 6) is -0.259. The molecule has 0 saturated carbocycles. The molecule has 4 amide bonds. The maximum atomic E-state index is 11.7. The molecule has 1 N–H and O–H groups in total. The zero-order valence-electron chi connectivity index (χ0n) is 11.3. The first-order chi connectivity index (χ1) is 8.80. The number of nitrogens with zero attached hydrogens (tertiary/aromatic N) is 3. The van der Waals surface area contributed by atoms with Crippen LogP contribution in [0.2, 0.25) is 0 Å².